The molecule has 0 radical (unpaired) electrons. The van der Waals surface area contributed by atoms with E-state index in [9.17, 15) is 8.42 Å². The normalized spacial score (nSPS) is 11.0. The Kier molecular flexibility index (Phi) is 3.09. The molecule has 0 atom stereocenters. The predicted octanol–water partition coefficient (Wildman–Crippen LogP) is 2.25. The van der Waals surface area contributed by atoms with Crippen molar-refractivity contribution in [3.05, 3.63) is 42.5 Å². The van der Waals surface area contributed by atoms with Crippen molar-refractivity contribution in [3.63, 3.8) is 0 Å². The van der Waals surface area contributed by atoms with E-state index in [-0.39, 0.29) is 11.0 Å². The SMILES string of the molecule is N.O=S(=O)(O)c1cccc2ccccc12. The molecule has 5 heteroatoms. The summed E-state index contributed by atoms with van der Waals surface area (Å²) in [6.07, 6.45) is 0. The van der Waals surface area contributed by atoms with Gasteiger partial charge in [0.2, 0.25) is 0 Å². The molecule has 2 aromatic rings. The Morgan fingerprint density at radius 2 is 1.53 bits per heavy atom. The first-order valence-corrected chi connectivity index (χ1v) is 5.48. The lowest BCUT2D eigenvalue weighted by Gasteiger charge is -2.02. The minimum absolute atomic E-state index is 0. The van der Waals surface area contributed by atoms with E-state index in [1.165, 1.54) is 6.07 Å². The fourth-order valence-corrected chi connectivity index (χ4v) is 2.13. The first kappa shape index (κ1) is 11.6. The highest BCUT2D eigenvalue weighted by molar-refractivity contribution is 7.86. The van der Waals surface area contributed by atoms with Crippen LogP contribution in [0.15, 0.2) is 47.4 Å². The van der Waals surface area contributed by atoms with Gasteiger partial charge < -0.3 is 6.15 Å². The van der Waals surface area contributed by atoms with Crippen molar-refractivity contribution in [1.29, 1.82) is 0 Å². The number of rotatable bonds is 1. The molecule has 0 bridgehead atoms. The maximum absolute atomic E-state index is 11.0. The molecule has 0 spiro atoms. The molecular weight excluding hydrogens is 214 g/mol. The van der Waals surface area contributed by atoms with Gasteiger partial charge in [0.1, 0.15) is 4.90 Å². The zero-order chi connectivity index (χ0) is 10.2. The Morgan fingerprint density at radius 1 is 0.933 bits per heavy atom. The summed E-state index contributed by atoms with van der Waals surface area (Å²) in [6, 6.07) is 11.8. The lowest BCUT2D eigenvalue weighted by molar-refractivity contribution is 0.484. The molecule has 0 aliphatic carbocycles. The molecule has 0 saturated heterocycles. The number of hydrogen-bond donors (Lipinski definition) is 2. The molecule has 4 N–H and O–H groups in total. The fourth-order valence-electron chi connectivity index (χ4n) is 1.42. The molecular formula is C10H11NO3S. The summed E-state index contributed by atoms with van der Waals surface area (Å²) >= 11 is 0. The summed E-state index contributed by atoms with van der Waals surface area (Å²) in [5.41, 5.74) is 0. The van der Waals surface area contributed by atoms with Crippen molar-refractivity contribution in [2.24, 2.45) is 0 Å². The van der Waals surface area contributed by atoms with Crippen molar-refractivity contribution in [2.45, 2.75) is 4.90 Å². The zero-order valence-electron chi connectivity index (χ0n) is 7.92. The van der Waals surface area contributed by atoms with Gasteiger partial charge in [0.05, 0.1) is 0 Å². The highest BCUT2D eigenvalue weighted by Gasteiger charge is 2.12. The summed E-state index contributed by atoms with van der Waals surface area (Å²) < 4.78 is 31.0. The molecule has 0 saturated carbocycles. The van der Waals surface area contributed by atoms with Gasteiger partial charge in [-0.1, -0.05) is 36.4 Å². The predicted molar refractivity (Wildman–Crippen MR) is 58.8 cm³/mol. The van der Waals surface area contributed by atoms with Crippen LogP contribution in [0.1, 0.15) is 0 Å². The molecule has 0 aromatic heterocycles. The lowest BCUT2D eigenvalue weighted by atomic mass is 10.1. The first-order chi connectivity index (χ1) is 6.59. The van der Waals surface area contributed by atoms with E-state index in [0.717, 1.165) is 5.39 Å². The van der Waals surface area contributed by atoms with Gasteiger partial charge in [0.25, 0.3) is 10.1 Å². The summed E-state index contributed by atoms with van der Waals surface area (Å²) in [4.78, 5) is -0.0457. The summed E-state index contributed by atoms with van der Waals surface area (Å²) in [7, 11) is -4.13. The van der Waals surface area contributed by atoms with Crippen LogP contribution in [0.3, 0.4) is 0 Å². The topological polar surface area (TPSA) is 89.4 Å². The second-order valence-corrected chi connectivity index (χ2v) is 4.34. The molecule has 0 amide bonds. The van der Waals surface area contributed by atoms with Crippen LogP contribution in [0, 0.1) is 0 Å². The van der Waals surface area contributed by atoms with E-state index in [2.05, 4.69) is 0 Å². The summed E-state index contributed by atoms with van der Waals surface area (Å²) in [6.45, 7) is 0. The second kappa shape index (κ2) is 3.98. The van der Waals surface area contributed by atoms with Crippen molar-refractivity contribution in [1.82, 2.24) is 6.15 Å². The van der Waals surface area contributed by atoms with E-state index in [4.69, 9.17) is 4.55 Å². The zero-order valence-corrected chi connectivity index (χ0v) is 8.74. The molecule has 2 aromatic carbocycles. The van der Waals surface area contributed by atoms with Gasteiger partial charge in [-0.15, -0.1) is 0 Å². The maximum Gasteiger partial charge on any atom is 0.295 e. The van der Waals surface area contributed by atoms with Gasteiger partial charge in [-0.2, -0.15) is 8.42 Å². The Morgan fingerprint density at radius 3 is 2.20 bits per heavy atom. The third-order valence-corrected chi connectivity index (χ3v) is 2.94. The molecule has 15 heavy (non-hydrogen) atoms. The van der Waals surface area contributed by atoms with E-state index >= 15 is 0 Å². The Balaban J connectivity index is 0.00000112. The molecule has 0 heterocycles. The van der Waals surface area contributed by atoms with Crippen molar-refractivity contribution in [3.8, 4) is 0 Å². The first-order valence-electron chi connectivity index (χ1n) is 4.04. The summed E-state index contributed by atoms with van der Waals surface area (Å²) in [5.74, 6) is 0. The largest absolute Gasteiger partial charge is 0.344 e. The van der Waals surface area contributed by atoms with E-state index in [1.54, 1.807) is 30.3 Å². The summed E-state index contributed by atoms with van der Waals surface area (Å²) in [5, 5.41) is 1.33. The molecule has 0 aliphatic rings. The van der Waals surface area contributed by atoms with Gasteiger partial charge in [-0.05, 0) is 11.5 Å². The number of benzene rings is 2. The van der Waals surface area contributed by atoms with Crippen LogP contribution in [-0.2, 0) is 10.1 Å². The Labute approximate surface area is 87.9 Å². The van der Waals surface area contributed by atoms with Gasteiger partial charge in [0, 0.05) is 5.39 Å². The quantitative estimate of drug-likeness (QED) is 0.728. The van der Waals surface area contributed by atoms with Crippen LogP contribution in [0.4, 0.5) is 0 Å². The minimum Gasteiger partial charge on any atom is -0.344 e. The Bertz CT molecular complexity index is 573. The number of hydrogen-bond acceptors (Lipinski definition) is 3. The molecule has 80 valence electrons. The van der Waals surface area contributed by atoms with E-state index in [1.807, 2.05) is 6.07 Å². The smallest absolute Gasteiger partial charge is 0.295 e. The van der Waals surface area contributed by atoms with E-state index < -0.39 is 10.1 Å². The lowest BCUT2D eigenvalue weighted by Crippen LogP contribution is -1.98. The van der Waals surface area contributed by atoms with Gasteiger partial charge in [-0.25, -0.2) is 0 Å². The highest BCUT2D eigenvalue weighted by Crippen LogP contribution is 2.21. The third kappa shape index (κ3) is 2.15. The van der Waals surface area contributed by atoms with Crippen LogP contribution >= 0.6 is 0 Å². The third-order valence-electron chi connectivity index (χ3n) is 2.03. The number of fused-ring (bicyclic) bond motifs is 1. The highest BCUT2D eigenvalue weighted by atomic mass is 32.2. The van der Waals surface area contributed by atoms with Gasteiger partial charge in [-0.3, -0.25) is 4.55 Å². The minimum atomic E-state index is -4.13. The van der Waals surface area contributed by atoms with Crippen LogP contribution in [0.25, 0.3) is 10.8 Å². The van der Waals surface area contributed by atoms with Crippen molar-refractivity contribution >= 4 is 20.9 Å². The van der Waals surface area contributed by atoms with Gasteiger partial charge >= 0.3 is 0 Å². The van der Waals surface area contributed by atoms with Crippen LogP contribution in [0.5, 0.6) is 0 Å². The molecule has 0 unspecified atom stereocenters. The standard InChI is InChI=1S/C10H8O3S.H3N/c11-14(12,13)10-7-3-5-8-4-1-2-6-9(8)10;/h1-7H,(H,11,12,13);1H3. The average Bonchev–Trinajstić information content (AvgIpc) is 2.15. The molecule has 0 fully saturated rings. The Hall–Kier alpha value is -1.43. The van der Waals surface area contributed by atoms with Crippen LogP contribution in [-0.4, -0.2) is 13.0 Å². The van der Waals surface area contributed by atoms with Crippen LogP contribution < -0.4 is 6.15 Å². The molecule has 4 nitrogen and oxygen atoms in total. The molecule has 2 rings (SSSR count). The van der Waals surface area contributed by atoms with Gasteiger partial charge in [0.15, 0.2) is 0 Å². The van der Waals surface area contributed by atoms with Crippen LogP contribution in [0.2, 0.25) is 0 Å². The van der Waals surface area contributed by atoms with Crippen molar-refractivity contribution in [2.75, 3.05) is 0 Å². The average molecular weight is 225 g/mol. The van der Waals surface area contributed by atoms with Crippen molar-refractivity contribution < 1.29 is 13.0 Å². The second-order valence-electron chi connectivity index (χ2n) is 2.95. The van der Waals surface area contributed by atoms with E-state index in [0.29, 0.717) is 5.39 Å². The molecule has 0 aliphatic heterocycles. The maximum atomic E-state index is 11.0. The fraction of sp³-hybridized carbons (Fsp3) is 0. The monoisotopic (exact) mass is 225 g/mol.